The van der Waals surface area contributed by atoms with Gasteiger partial charge in [0.05, 0.1) is 0 Å². The zero-order valence-corrected chi connectivity index (χ0v) is 25.0. The quantitative estimate of drug-likeness (QED) is 0.267. The fourth-order valence-electron chi connectivity index (χ4n) is 9.04. The van der Waals surface area contributed by atoms with Crippen LogP contribution in [-0.4, -0.2) is 11.7 Å². The van der Waals surface area contributed by atoms with Gasteiger partial charge in [-0.25, -0.2) is 0 Å². The molecule has 0 bridgehead atoms. The van der Waals surface area contributed by atoms with Crippen molar-refractivity contribution < 1.29 is 5.11 Å². The van der Waals surface area contributed by atoms with Gasteiger partial charge in [0.1, 0.15) is 0 Å². The lowest BCUT2D eigenvalue weighted by Crippen LogP contribution is -2.50. The fraction of sp³-hybridized carbons (Fsp3) is 0.941. The molecular formula is C34H62O. The van der Waals surface area contributed by atoms with E-state index in [9.17, 15) is 0 Å². The maximum absolute atomic E-state index is 8.24. The Labute approximate surface area is 220 Å². The predicted molar refractivity (Wildman–Crippen MR) is 153 cm³/mol. The summed E-state index contributed by atoms with van der Waals surface area (Å²) in [5.74, 6) is 7.37. The summed E-state index contributed by atoms with van der Waals surface area (Å²) in [4.78, 5) is 0. The smallest absolute Gasteiger partial charge is 0.0433 e. The number of hydrogen-bond donors (Lipinski definition) is 1. The molecule has 1 nitrogen and oxygen atoms in total. The highest BCUT2D eigenvalue weighted by atomic mass is 16.3. The Balaban J connectivity index is 0.000000509. The van der Waals surface area contributed by atoms with E-state index in [-0.39, 0.29) is 0 Å². The van der Waals surface area contributed by atoms with Gasteiger partial charge in [-0.05, 0) is 122 Å². The topological polar surface area (TPSA) is 20.2 Å². The molecule has 4 aliphatic carbocycles. The molecule has 0 aromatic rings. The van der Waals surface area contributed by atoms with Crippen molar-refractivity contribution in [2.75, 3.05) is 6.61 Å². The first kappa shape index (κ1) is 29.3. The first-order valence-electron chi connectivity index (χ1n) is 15.8. The summed E-state index contributed by atoms with van der Waals surface area (Å²) in [6.07, 6.45) is 21.5. The number of aliphatic hydroxyl groups excluding tert-OH is 1. The van der Waals surface area contributed by atoms with Crippen LogP contribution in [0.15, 0.2) is 11.6 Å². The molecule has 4 rings (SSSR count). The average molecular weight is 487 g/mol. The summed E-state index contributed by atoms with van der Waals surface area (Å²) in [6, 6.07) is 0. The van der Waals surface area contributed by atoms with Crippen LogP contribution < -0.4 is 0 Å². The van der Waals surface area contributed by atoms with Gasteiger partial charge in [0, 0.05) is 6.61 Å². The van der Waals surface area contributed by atoms with E-state index in [2.05, 4.69) is 61.5 Å². The highest BCUT2D eigenvalue weighted by molar-refractivity contribution is 5.25. The van der Waals surface area contributed by atoms with Crippen molar-refractivity contribution in [2.24, 2.45) is 58.2 Å². The summed E-state index contributed by atoms with van der Waals surface area (Å²) >= 11 is 0. The SMILES string of the molecule is CC(C)CCCCC1CCC2C3CC=C4CC(C(C)C)CCC4(C)C3CCC12C.CC(C)CCO. The van der Waals surface area contributed by atoms with Crippen molar-refractivity contribution in [3.8, 4) is 0 Å². The summed E-state index contributed by atoms with van der Waals surface area (Å²) in [7, 11) is 0. The van der Waals surface area contributed by atoms with E-state index < -0.39 is 0 Å². The maximum Gasteiger partial charge on any atom is 0.0433 e. The van der Waals surface area contributed by atoms with Crippen LogP contribution in [0.3, 0.4) is 0 Å². The van der Waals surface area contributed by atoms with Crippen LogP contribution in [0.1, 0.15) is 139 Å². The Morgan fingerprint density at radius 1 is 0.857 bits per heavy atom. The lowest BCUT2D eigenvalue weighted by atomic mass is 9.46. The molecule has 4 aliphatic rings. The maximum atomic E-state index is 8.24. The Morgan fingerprint density at radius 2 is 1.57 bits per heavy atom. The van der Waals surface area contributed by atoms with Crippen LogP contribution in [-0.2, 0) is 0 Å². The molecule has 0 aromatic carbocycles. The molecule has 7 unspecified atom stereocenters. The zero-order chi connectivity index (χ0) is 25.8. The van der Waals surface area contributed by atoms with Gasteiger partial charge in [0.2, 0.25) is 0 Å². The second kappa shape index (κ2) is 12.5. The normalized spacial score (nSPS) is 38.5. The zero-order valence-electron chi connectivity index (χ0n) is 25.0. The number of aliphatic hydroxyl groups is 1. The molecule has 1 N–H and O–H groups in total. The van der Waals surface area contributed by atoms with Crippen molar-refractivity contribution >= 4 is 0 Å². The van der Waals surface area contributed by atoms with Crippen molar-refractivity contribution in [1.82, 2.24) is 0 Å². The lowest BCUT2D eigenvalue weighted by Gasteiger charge is -2.58. The molecule has 3 fully saturated rings. The van der Waals surface area contributed by atoms with Crippen molar-refractivity contribution in [3.63, 3.8) is 0 Å². The molecule has 7 atom stereocenters. The van der Waals surface area contributed by atoms with Crippen LogP contribution in [0.2, 0.25) is 0 Å². The van der Waals surface area contributed by atoms with Crippen LogP contribution in [0, 0.1) is 58.2 Å². The summed E-state index contributed by atoms with van der Waals surface area (Å²) in [6.45, 7) is 19.6. The van der Waals surface area contributed by atoms with Gasteiger partial charge in [-0.1, -0.05) is 86.3 Å². The molecule has 0 spiro atoms. The van der Waals surface area contributed by atoms with Crippen LogP contribution in [0.4, 0.5) is 0 Å². The first-order chi connectivity index (χ1) is 16.5. The van der Waals surface area contributed by atoms with E-state index in [1.54, 1.807) is 6.42 Å². The monoisotopic (exact) mass is 486 g/mol. The van der Waals surface area contributed by atoms with Gasteiger partial charge in [-0.3, -0.25) is 0 Å². The Hall–Kier alpha value is -0.300. The second-order valence-electron chi connectivity index (χ2n) is 14.9. The minimum atomic E-state index is 0.331. The minimum absolute atomic E-state index is 0.331. The second-order valence-corrected chi connectivity index (χ2v) is 14.9. The molecule has 0 radical (unpaired) electrons. The molecule has 0 saturated heterocycles. The average Bonchev–Trinajstić information content (AvgIpc) is 3.12. The van der Waals surface area contributed by atoms with Gasteiger partial charge in [0.25, 0.3) is 0 Å². The standard InChI is InChI=1S/C29H50.C5H12O/c1-20(2)9-7-8-10-23-12-14-26-25-13-11-24-19-22(21(3)4)15-17-29(24,6)27(25)16-18-28(23,26)5;1-5(2)3-4-6/h11,20-23,25-27H,7-10,12-19H2,1-6H3;5-6H,3-4H2,1-2H3. The molecule has 3 saturated carbocycles. The number of fused-ring (bicyclic) bond motifs is 5. The molecule has 0 aliphatic heterocycles. The third-order valence-corrected chi connectivity index (χ3v) is 11.6. The highest BCUT2D eigenvalue weighted by Crippen LogP contribution is 2.67. The third-order valence-electron chi connectivity index (χ3n) is 11.6. The third kappa shape index (κ3) is 6.59. The summed E-state index contributed by atoms with van der Waals surface area (Å²) < 4.78 is 0. The minimum Gasteiger partial charge on any atom is -0.396 e. The molecule has 0 aromatic heterocycles. The van der Waals surface area contributed by atoms with Gasteiger partial charge in [-0.2, -0.15) is 0 Å². The summed E-state index contributed by atoms with van der Waals surface area (Å²) in [5, 5.41) is 8.24. The molecule has 0 amide bonds. The van der Waals surface area contributed by atoms with E-state index in [0.717, 1.165) is 47.8 Å². The largest absolute Gasteiger partial charge is 0.396 e. The molecule has 35 heavy (non-hydrogen) atoms. The molecule has 204 valence electrons. The number of unbranched alkanes of at least 4 members (excludes halogenated alkanes) is 1. The van der Waals surface area contributed by atoms with Crippen LogP contribution in [0.5, 0.6) is 0 Å². The number of hydrogen-bond acceptors (Lipinski definition) is 1. The molecule has 1 heteroatoms. The van der Waals surface area contributed by atoms with E-state index in [0.29, 0.717) is 23.4 Å². The Morgan fingerprint density at radius 3 is 2.17 bits per heavy atom. The van der Waals surface area contributed by atoms with Gasteiger partial charge in [-0.15, -0.1) is 0 Å². The van der Waals surface area contributed by atoms with Gasteiger partial charge in [0.15, 0.2) is 0 Å². The lowest BCUT2D eigenvalue weighted by molar-refractivity contribution is -0.0469. The molecule has 0 heterocycles. The van der Waals surface area contributed by atoms with E-state index in [1.165, 1.54) is 70.6 Å². The van der Waals surface area contributed by atoms with Crippen molar-refractivity contribution in [1.29, 1.82) is 0 Å². The van der Waals surface area contributed by atoms with Crippen LogP contribution in [0.25, 0.3) is 0 Å². The van der Waals surface area contributed by atoms with Crippen molar-refractivity contribution in [2.45, 2.75) is 139 Å². The first-order valence-corrected chi connectivity index (χ1v) is 15.8. The summed E-state index contributed by atoms with van der Waals surface area (Å²) in [5.41, 5.74) is 3.09. The Bertz CT molecular complexity index is 674. The van der Waals surface area contributed by atoms with E-state index in [4.69, 9.17) is 5.11 Å². The highest BCUT2D eigenvalue weighted by Gasteiger charge is 2.58. The van der Waals surface area contributed by atoms with Crippen molar-refractivity contribution in [3.05, 3.63) is 11.6 Å². The van der Waals surface area contributed by atoms with Crippen LogP contribution >= 0.6 is 0 Å². The van der Waals surface area contributed by atoms with Gasteiger partial charge < -0.3 is 5.11 Å². The Kier molecular flexibility index (Phi) is 10.4. The van der Waals surface area contributed by atoms with Gasteiger partial charge >= 0.3 is 0 Å². The van der Waals surface area contributed by atoms with E-state index >= 15 is 0 Å². The number of rotatable bonds is 8. The predicted octanol–water partition coefficient (Wildman–Crippen LogP) is 10.1. The number of allylic oxidation sites excluding steroid dienone is 2. The molecular weight excluding hydrogens is 424 g/mol. The fourth-order valence-corrected chi connectivity index (χ4v) is 9.04. The van der Waals surface area contributed by atoms with E-state index in [1.807, 2.05) is 5.57 Å².